The lowest BCUT2D eigenvalue weighted by Gasteiger charge is -2.36. The van der Waals surface area contributed by atoms with E-state index in [9.17, 15) is 5.11 Å². The third-order valence-corrected chi connectivity index (χ3v) is 4.66. The van der Waals surface area contributed by atoms with Crippen molar-refractivity contribution >= 4 is 5.82 Å². The van der Waals surface area contributed by atoms with Crippen molar-refractivity contribution in [2.24, 2.45) is 0 Å². The molecule has 1 N–H and O–H groups in total. The minimum absolute atomic E-state index is 0.307. The summed E-state index contributed by atoms with van der Waals surface area (Å²) in [5, 5.41) is 10.2. The second kappa shape index (κ2) is 10.8. The van der Waals surface area contributed by atoms with Gasteiger partial charge in [0.15, 0.2) is 0 Å². The predicted octanol–water partition coefficient (Wildman–Crippen LogP) is 1.67. The van der Waals surface area contributed by atoms with Gasteiger partial charge in [0.05, 0.1) is 26.4 Å². The molecule has 7 nitrogen and oxygen atoms in total. The zero-order valence-electron chi connectivity index (χ0n) is 16.4. The molecule has 0 spiro atoms. The van der Waals surface area contributed by atoms with Crippen molar-refractivity contribution in [1.82, 2.24) is 9.88 Å². The minimum Gasteiger partial charge on any atom is -0.497 e. The number of pyridine rings is 1. The van der Waals surface area contributed by atoms with Gasteiger partial charge in [0.1, 0.15) is 23.9 Å². The van der Waals surface area contributed by atoms with Crippen LogP contribution in [-0.4, -0.2) is 80.7 Å². The number of benzene rings is 1. The average Bonchev–Trinajstić information content (AvgIpc) is 2.75. The molecule has 0 amide bonds. The molecule has 2 aromatic rings. The van der Waals surface area contributed by atoms with Gasteiger partial charge in [0.2, 0.25) is 0 Å². The first kappa shape index (κ1) is 20.4. The van der Waals surface area contributed by atoms with E-state index in [2.05, 4.69) is 14.8 Å². The van der Waals surface area contributed by atoms with Crippen molar-refractivity contribution in [1.29, 1.82) is 0 Å². The maximum absolute atomic E-state index is 10.2. The number of hydrogen-bond acceptors (Lipinski definition) is 7. The Hall–Kier alpha value is -2.35. The molecule has 1 aromatic carbocycles. The van der Waals surface area contributed by atoms with Crippen molar-refractivity contribution < 1.29 is 19.3 Å². The molecule has 0 radical (unpaired) electrons. The number of methoxy groups -OCH3 is 1. The van der Waals surface area contributed by atoms with Gasteiger partial charge in [0.25, 0.3) is 0 Å². The van der Waals surface area contributed by atoms with Gasteiger partial charge in [0, 0.05) is 45.0 Å². The highest BCUT2D eigenvalue weighted by molar-refractivity contribution is 5.38. The molecule has 1 fully saturated rings. The van der Waals surface area contributed by atoms with Crippen LogP contribution >= 0.6 is 0 Å². The highest BCUT2D eigenvalue weighted by atomic mass is 16.5. The number of aliphatic hydroxyl groups excluding tert-OH is 1. The molecule has 3 rings (SSSR count). The molecule has 1 aliphatic heterocycles. The van der Waals surface area contributed by atoms with Gasteiger partial charge in [-0.1, -0.05) is 12.1 Å². The van der Waals surface area contributed by atoms with Gasteiger partial charge in [-0.2, -0.15) is 0 Å². The zero-order chi connectivity index (χ0) is 19.6. The number of rotatable bonds is 10. The molecule has 152 valence electrons. The van der Waals surface area contributed by atoms with Crippen molar-refractivity contribution in [3.05, 3.63) is 48.7 Å². The Morgan fingerprint density at radius 2 is 1.86 bits per heavy atom. The third-order valence-electron chi connectivity index (χ3n) is 4.66. The number of ether oxygens (including phenoxy) is 3. The van der Waals surface area contributed by atoms with E-state index >= 15 is 0 Å². The summed E-state index contributed by atoms with van der Waals surface area (Å²) in [5.74, 6) is 2.52. The molecule has 0 saturated carbocycles. The number of β-amino-alcohol motifs (C(OH)–C–C–N with tert-alkyl or cyclic N) is 1. The molecule has 0 aliphatic carbocycles. The monoisotopic (exact) mass is 387 g/mol. The Kier molecular flexibility index (Phi) is 7.90. The minimum atomic E-state index is -0.502. The first-order valence-electron chi connectivity index (χ1n) is 9.65. The number of aromatic nitrogens is 1. The van der Waals surface area contributed by atoms with Gasteiger partial charge in [-0.25, -0.2) is 4.98 Å². The van der Waals surface area contributed by atoms with Crippen LogP contribution in [0.5, 0.6) is 11.5 Å². The second-order valence-electron chi connectivity index (χ2n) is 6.73. The molecule has 28 heavy (non-hydrogen) atoms. The van der Waals surface area contributed by atoms with Crippen LogP contribution in [0.1, 0.15) is 0 Å². The van der Waals surface area contributed by atoms with Crippen molar-refractivity contribution in [3.63, 3.8) is 0 Å². The lowest BCUT2D eigenvalue weighted by Crippen LogP contribution is -2.49. The summed E-state index contributed by atoms with van der Waals surface area (Å²) < 4.78 is 16.3. The van der Waals surface area contributed by atoms with E-state index in [0.717, 1.165) is 43.5 Å². The summed E-state index contributed by atoms with van der Waals surface area (Å²) in [6.45, 7) is 5.44. The third kappa shape index (κ3) is 6.37. The maximum Gasteiger partial charge on any atom is 0.128 e. The molecule has 1 aromatic heterocycles. The van der Waals surface area contributed by atoms with E-state index in [-0.39, 0.29) is 0 Å². The molecule has 2 heterocycles. The van der Waals surface area contributed by atoms with Crippen molar-refractivity contribution in [3.8, 4) is 11.5 Å². The Balaban J connectivity index is 1.27. The van der Waals surface area contributed by atoms with Crippen molar-refractivity contribution in [2.45, 2.75) is 6.10 Å². The zero-order valence-corrected chi connectivity index (χ0v) is 16.4. The fourth-order valence-corrected chi connectivity index (χ4v) is 3.18. The summed E-state index contributed by atoms with van der Waals surface area (Å²) in [4.78, 5) is 8.93. The van der Waals surface area contributed by atoms with E-state index in [0.29, 0.717) is 26.4 Å². The predicted molar refractivity (Wildman–Crippen MR) is 108 cm³/mol. The summed E-state index contributed by atoms with van der Waals surface area (Å²) >= 11 is 0. The van der Waals surface area contributed by atoms with E-state index < -0.39 is 6.10 Å². The quantitative estimate of drug-likeness (QED) is 0.622. The van der Waals surface area contributed by atoms with E-state index in [4.69, 9.17) is 14.2 Å². The van der Waals surface area contributed by atoms with Crippen LogP contribution in [0.3, 0.4) is 0 Å². The first-order valence-corrected chi connectivity index (χ1v) is 9.65. The Bertz CT molecular complexity index is 693. The number of anilines is 1. The van der Waals surface area contributed by atoms with E-state index in [1.807, 2.05) is 48.7 Å². The summed E-state index contributed by atoms with van der Waals surface area (Å²) in [6, 6.07) is 13.4. The fourth-order valence-electron chi connectivity index (χ4n) is 3.18. The van der Waals surface area contributed by atoms with Crippen LogP contribution in [0.15, 0.2) is 48.7 Å². The molecule has 7 heteroatoms. The molecule has 0 bridgehead atoms. The number of nitrogens with zero attached hydrogens (tertiary/aromatic N) is 3. The van der Waals surface area contributed by atoms with Crippen molar-refractivity contribution in [2.75, 3.05) is 64.6 Å². The van der Waals surface area contributed by atoms with Crippen LogP contribution in [0.4, 0.5) is 5.82 Å². The lowest BCUT2D eigenvalue weighted by atomic mass is 10.2. The summed E-state index contributed by atoms with van der Waals surface area (Å²) in [6.07, 6.45) is 1.32. The smallest absolute Gasteiger partial charge is 0.128 e. The van der Waals surface area contributed by atoms with Crippen LogP contribution in [0, 0.1) is 0 Å². The van der Waals surface area contributed by atoms with Gasteiger partial charge in [-0.3, -0.25) is 4.90 Å². The van der Waals surface area contributed by atoms with Crippen LogP contribution < -0.4 is 14.4 Å². The van der Waals surface area contributed by atoms with Crippen LogP contribution in [0.2, 0.25) is 0 Å². The van der Waals surface area contributed by atoms with Crippen LogP contribution in [0.25, 0.3) is 0 Å². The summed E-state index contributed by atoms with van der Waals surface area (Å²) in [5.41, 5.74) is 0. The lowest BCUT2D eigenvalue weighted by molar-refractivity contribution is 0.00715. The van der Waals surface area contributed by atoms with Crippen LogP contribution in [-0.2, 0) is 4.74 Å². The molecular weight excluding hydrogens is 358 g/mol. The largest absolute Gasteiger partial charge is 0.497 e. The number of piperazine rings is 1. The standard InChI is InChI=1S/C21H29N3O4/c1-26-19-5-4-6-20(15-19)28-14-13-27-17-18(25)16-23-9-11-24(12-10-23)21-7-2-3-8-22-21/h2-8,15,18,25H,9-14,16-17H2,1H3/t18-/m0/s1. The van der Waals surface area contributed by atoms with E-state index in [1.165, 1.54) is 0 Å². The van der Waals surface area contributed by atoms with Gasteiger partial charge < -0.3 is 24.2 Å². The van der Waals surface area contributed by atoms with Gasteiger partial charge >= 0.3 is 0 Å². The number of aliphatic hydroxyl groups is 1. The highest BCUT2D eigenvalue weighted by Gasteiger charge is 2.20. The van der Waals surface area contributed by atoms with E-state index in [1.54, 1.807) is 7.11 Å². The Morgan fingerprint density at radius 3 is 2.61 bits per heavy atom. The first-order chi connectivity index (χ1) is 13.7. The molecular formula is C21H29N3O4. The summed E-state index contributed by atoms with van der Waals surface area (Å²) in [7, 11) is 1.63. The maximum atomic E-state index is 10.2. The SMILES string of the molecule is COc1cccc(OCCOC[C@@H](O)CN2CCN(c3ccccn3)CC2)c1. The highest BCUT2D eigenvalue weighted by Crippen LogP contribution is 2.18. The Labute approximate surface area is 166 Å². The van der Waals surface area contributed by atoms with Gasteiger partial charge in [-0.05, 0) is 24.3 Å². The second-order valence-corrected chi connectivity index (χ2v) is 6.73. The number of hydrogen-bond donors (Lipinski definition) is 1. The molecule has 1 saturated heterocycles. The molecule has 1 atom stereocenters. The normalized spacial score (nSPS) is 16.0. The molecule has 0 unspecified atom stereocenters. The Morgan fingerprint density at radius 1 is 1.04 bits per heavy atom. The molecule has 1 aliphatic rings. The van der Waals surface area contributed by atoms with Gasteiger partial charge in [-0.15, -0.1) is 0 Å². The topological polar surface area (TPSA) is 67.3 Å². The fraction of sp³-hybridized carbons (Fsp3) is 0.476. The average molecular weight is 387 g/mol.